The van der Waals surface area contributed by atoms with Gasteiger partial charge in [-0.05, 0) is 79.1 Å². The molecule has 0 fully saturated rings. The van der Waals surface area contributed by atoms with Crippen LogP contribution in [0.3, 0.4) is 0 Å². The highest BCUT2D eigenvalue weighted by Crippen LogP contribution is 2.43. The van der Waals surface area contributed by atoms with E-state index in [0.29, 0.717) is 39.5 Å². The van der Waals surface area contributed by atoms with E-state index in [9.17, 15) is 9.59 Å². The third-order valence-electron chi connectivity index (χ3n) is 6.97. The molecule has 0 saturated carbocycles. The minimum atomic E-state index is -0.716. The van der Waals surface area contributed by atoms with Gasteiger partial charge in [-0.25, -0.2) is 0 Å². The molecule has 1 atom stereocenters. The molecule has 6 heteroatoms. The molecule has 0 radical (unpaired) electrons. The molecular formula is C32H25NO5. The van der Waals surface area contributed by atoms with Crippen LogP contribution in [0, 0.1) is 13.8 Å². The summed E-state index contributed by atoms with van der Waals surface area (Å²) in [6.45, 7) is 3.91. The van der Waals surface area contributed by atoms with Gasteiger partial charge in [-0.2, -0.15) is 0 Å². The van der Waals surface area contributed by atoms with E-state index in [2.05, 4.69) is 0 Å². The molecule has 0 saturated heterocycles. The van der Waals surface area contributed by atoms with Crippen molar-refractivity contribution in [3.63, 3.8) is 0 Å². The minimum absolute atomic E-state index is 0.0490. The molecule has 0 spiro atoms. The Morgan fingerprint density at radius 1 is 0.763 bits per heavy atom. The van der Waals surface area contributed by atoms with Crippen molar-refractivity contribution in [1.29, 1.82) is 0 Å². The number of rotatable bonds is 5. The molecule has 0 aliphatic carbocycles. The minimum Gasteiger partial charge on any atom is -0.497 e. The fourth-order valence-corrected chi connectivity index (χ4v) is 4.94. The lowest BCUT2D eigenvalue weighted by Gasteiger charge is -2.26. The van der Waals surface area contributed by atoms with Crippen LogP contribution in [0.25, 0.3) is 11.0 Å². The molecule has 1 unspecified atom stereocenters. The highest BCUT2D eigenvalue weighted by Gasteiger charge is 2.44. The van der Waals surface area contributed by atoms with Crippen molar-refractivity contribution in [2.75, 3.05) is 12.0 Å². The monoisotopic (exact) mass is 503 g/mol. The van der Waals surface area contributed by atoms with E-state index in [-0.39, 0.29) is 17.1 Å². The van der Waals surface area contributed by atoms with Crippen molar-refractivity contribution in [3.8, 4) is 17.2 Å². The molecule has 6 nitrogen and oxygen atoms in total. The molecule has 4 aromatic carbocycles. The molecular weight excluding hydrogens is 478 g/mol. The van der Waals surface area contributed by atoms with Crippen LogP contribution in [0.15, 0.2) is 100 Å². The Bertz CT molecular complexity index is 1760. The zero-order valence-electron chi connectivity index (χ0n) is 21.2. The van der Waals surface area contributed by atoms with Crippen molar-refractivity contribution < 1.29 is 18.7 Å². The highest BCUT2D eigenvalue weighted by molar-refractivity contribution is 6.10. The number of ether oxygens (including phenoxy) is 2. The van der Waals surface area contributed by atoms with Crippen molar-refractivity contribution >= 4 is 22.6 Å². The number of benzene rings is 4. The number of anilines is 1. The van der Waals surface area contributed by atoms with Gasteiger partial charge in [0, 0.05) is 11.8 Å². The molecule has 0 bridgehead atoms. The molecule has 188 valence electrons. The van der Waals surface area contributed by atoms with Crippen LogP contribution in [0.1, 0.15) is 38.9 Å². The first kappa shape index (κ1) is 23.6. The highest BCUT2D eigenvalue weighted by atomic mass is 16.5. The fraction of sp³-hybridized carbons (Fsp3) is 0.125. The lowest BCUT2D eigenvalue weighted by Crippen LogP contribution is -2.29. The smallest absolute Gasteiger partial charge is 0.295 e. The average molecular weight is 504 g/mol. The summed E-state index contributed by atoms with van der Waals surface area (Å²) < 4.78 is 17.7. The van der Waals surface area contributed by atoms with Gasteiger partial charge in [0.1, 0.15) is 22.8 Å². The molecule has 38 heavy (non-hydrogen) atoms. The van der Waals surface area contributed by atoms with Crippen LogP contribution in [-0.2, 0) is 0 Å². The van der Waals surface area contributed by atoms with Crippen LogP contribution in [0.2, 0.25) is 0 Å². The Labute approximate surface area is 219 Å². The molecule has 1 aliphatic rings. The molecule has 5 aromatic rings. The van der Waals surface area contributed by atoms with Crippen molar-refractivity contribution in [3.05, 3.63) is 129 Å². The summed E-state index contributed by atoms with van der Waals surface area (Å²) in [5.74, 6) is 1.55. The maximum Gasteiger partial charge on any atom is 0.295 e. The van der Waals surface area contributed by atoms with E-state index < -0.39 is 6.04 Å². The Morgan fingerprint density at radius 3 is 2.26 bits per heavy atom. The number of nitrogens with zero attached hydrogens (tertiary/aromatic N) is 1. The number of carbonyl (C=O) groups is 1. The van der Waals surface area contributed by atoms with E-state index in [1.54, 1.807) is 18.1 Å². The van der Waals surface area contributed by atoms with Gasteiger partial charge in [0.2, 0.25) is 5.76 Å². The van der Waals surface area contributed by atoms with E-state index >= 15 is 0 Å². The second kappa shape index (κ2) is 9.23. The van der Waals surface area contributed by atoms with Gasteiger partial charge in [-0.1, -0.05) is 36.4 Å². The Morgan fingerprint density at radius 2 is 1.47 bits per heavy atom. The molecule has 6 rings (SSSR count). The summed E-state index contributed by atoms with van der Waals surface area (Å²) in [5.41, 5.74) is 3.77. The largest absolute Gasteiger partial charge is 0.497 e. The standard InChI is InChI=1S/C32H25NO5/c1-19-15-26-27(16-20(19)2)38-31-28(30(26)34)29(33(32(31)35)22-10-8-13-24(18-22)36-3)21-9-7-14-25(17-21)37-23-11-5-4-6-12-23/h4-18,29H,1-3H3. The number of hydrogen-bond acceptors (Lipinski definition) is 5. The van der Waals surface area contributed by atoms with Gasteiger partial charge in [0.25, 0.3) is 5.91 Å². The number of hydrogen-bond donors (Lipinski definition) is 0. The first-order valence-electron chi connectivity index (χ1n) is 12.3. The van der Waals surface area contributed by atoms with E-state index in [0.717, 1.165) is 16.7 Å². The molecule has 0 N–H and O–H groups in total. The van der Waals surface area contributed by atoms with Crippen LogP contribution >= 0.6 is 0 Å². The SMILES string of the molecule is COc1cccc(N2C(=O)c3oc4cc(C)c(C)cc4c(=O)c3C2c2cccc(Oc3ccccc3)c2)c1. The lowest BCUT2D eigenvalue weighted by molar-refractivity contribution is 0.0971. The summed E-state index contributed by atoms with van der Waals surface area (Å²) >= 11 is 0. The van der Waals surface area contributed by atoms with Crippen LogP contribution < -0.4 is 19.8 Å². The number of amides is 1. The van der Waals surface area contributed by atoms with Gasteiger partial charge in [-0.15, -0.1) is 0 Å². The third kappa shape index (κ3) is 3.91. The topological polar surface area (TPSA) is 69.0 Å². The summed E-state index contributed by atoms with van der Waals surface area (Å²) in [6.07, 6.45) is 0. The summed E-state index contributed by atoms with van der Waals surface area (Å²) in [4.78, 5) is 29.5. The van der Waals surface area contributed by atoms with Gasteiger partial charge in [0.05, 0.1) is 24.1 Å². The summed E-state index contributed by atoms with van der Waals surface area (Å²) in [7, 11) is 1.57. The van der Waals surface area contributed by atoms with Crippen LogP contribution in [-0.4, -0.2) is 13.0 Å². The van der Waals surface area contributed by atoms with Crippen molar-refractivity contribution in [1.82, 2.24) is 0 Å². The van der Waals surface area contributed by atoms with Crippen molar-refractivity contribution in [2.45, 2.75) is 19.9 Å². The number of para-hydroxylation sites is 1. The number of carbonyl (C=O) groups excluding carboxylic acids is 1. The second-order valence-electron chi connectivity index (χ2n) is 9.37. The Hall–Kier alpha value is -4.84. The molecule has 1 aliphatic heterocycles. The third-order valence-corrected chi connectivity index (χ3v) is 6.97. The first-order valence-corrected chi connectivity index (χ1v) is 12.3. The van der Waals surface area contributed by atoms with E-state index in [1.807, 2.05) is 98.8 Å². The number of aryl methyl sites for hydroxylation is 2. The first-order chi connectivity index (χ1) is 18.4. The number of methoxy groups -OCH3 is 1. The predicted octanol–water partition coefficient (Wildman–Crippen LogP) is 6.96. The summed E-state index contributed by atoms with van der Waals surface area (Å²) in [6, 6.07) is 27.1. The average Bonchev–Trinajstić information content (AvgIpc) is 3.23. The van der Waals surface area contributed by atoms with Gasteiger partial charge >= 0.3 is 0 Å². The van der Waals surface area contributed by atoms with Gasteiger partial charge in [0.15, 0.2) is 5.43 Å². The molecule has 1 aromatic heterocycles. The lowest BCUT2D eigenvalue weighted by atomic mass is 9.97. The Kier molecular flexibility index (Phi) is 5.72. The van der Waals surface area contributed by atoms with Gasteiger partial charge < -0.3 is 13.9 Å². The van der Waals surface area contributed by atoms with Crippen LogP contribution in [0.5, 0.6) is 17.2 Å². The normalized spacial score (nSPS) is 14.6. The molecule has 2 heterocycles. The Balaban J connectivity index is 1.57. The zero-order valence-corrected chi connectivity index (χ0v) is 21.2. The second-order valence-corrected chi connectivity index (χ2v) is 9.37. The van der Waals surface area contributed by atoms with Crippen molar-refractivity contribution in [2.24, 2.45) is 0 Å². The summed E-state index contributed by atoms with van der Waals surface area (Å²) in [5, 5.41) is 0.453. The predicted molar refractivity (Wildman–Crippen MR) is 147 cm³/mol. The maximum atomic E-state index is 14.0. The fourth-order valence-electron chi connectivity index (χ4n) is 4.94. The van der Waals surface area contributed by atoms with Crippen LogP contribution in [0.4, 0.5) is 5.69 Å². The molecule has 1 amide bonds. The van der Waals surface area contributed by atoms with E-state index in [1.165, 1.54) is 0 Å². The number of fused-ring (bicyclic) bond motifs is 2. The van der Waals surface area contributed by atoms with E-state index in [4.69, 9.17) is 13.9 Å². The zero-order chi connectivity index (χ0) is 26.4. The maximum absolute atomic E-state index is 14.0. The van der Waals surface area contributed by atoms with Gasteiger partial charge in [-0.3, -0.25) is 14.5 Å². The quantitative estimate of drug-likeness (QED) is 0.259.